The molecular formula is C26H31N5O2. The number of nitriles is 3. The fourth-order valence-corrected chi connectivity index (χ4v) is 4.91. The van der Waals surface area contributed by atoms with Crippen LogP contribution in [-0.2, 0) is 0 Å². The van der Waals surface area contributed by atoms with E-state index >= 15 is 0 Å². The summed E-state index contributed by atoms with van der Waals surface area (Å²) in [6.07, 6.45) is 6.40. The molecule has 1 heterocycles. The molecule has 0 fully saturated rings. The Morgan fingerprint density at radius 1 is 1.15 bits per heavy atom. The molecule has 0 aromatic heterocycles. The Labute approximate surface area is 196 Å². The molecule has 0 bridgehead atoms. The van der Waals surface area contributed by atoms with Gasteiger partial charge < -0.3 is 20.1 Å². The lowest BCUT2D eigenvalue weighted by Crippen LogP contribution is -2.47. The van der Waals surface area contributed by atoms with E-state index in [-0.39, 0.29) is 17.2 Å². The monoisotopic (exact) mass is 445 g/mol. The third kappa shape index (κ3) is 4.40. The Kier molecular flexibility index (Phi) is 7.64. The van der Waals surface area contributed by atoms with Crippen molar-refractivity contribution in [3.05, 3.63) is 46.7 Å². The molecule has 172 valence electrons. The molecule has 0 spiro atoms. The van der Waals surface area contributed by atoms with Crippen LogP contribution in [0.25, 0.3) is 0 Å². The van der Waals surface area contributed by atoms with E-state index < -0.39 is 11.3 Å². The molecule has 0 unspecified atom stereocenters. The van der Waals surface area contributed by atoms with Crippen molar-refractivity contribution < 1.29 is 9.47 Å². The summed E-state index contributed by atoms with van der Waals surface area (Å²) in [7, 11) is 3.56. The van der Waals surface area contributed by atoms with E-state index in [2.05, 4.69) is 30.0 Å². The van der Waals surface area contributed by atoms with Crippen molar-refractivity contribution in [3.8, 4) is 29.7 Å². The molecule has 1 aliphatic carbocycles. The molecule has 0 saturated carbocycles. The summed E-state index contributed by atoms with van der Waals surface area (Å²) >= 11 is 0. The number of hydrogen-bond acceptors (Lipinski definition) is 7. The number of likely N-dealkylation sites (N-methyl/N-ethyl adjacent to an activating group) is 1. The first-order chi connectivity index (χ1) is 16.0. The molecule has 1 aromatic rings. The lowest BCUT2D eigenvalue weighted by Gasteiger charge is -2.45. The second-order valence-corrected chi connectivity index (χ2v) is 8.72. The van der Waals surface area contributed by atoms with E-state index in [4.69, 9.17) is 15.2 Å². The number of benzene rings is 1. The van der Waals surface area contributed by atoms with Gasteiger partial charge in [0.2, 0.25) is 0 Å². The topological polar surface area (TPSA) is 119 Å². The Morgan fingerprint density at radius 3 is 2.55 bits per heavy atom. The standard InChI is InChI=1S/C26H31N5O2/c1-4-5-6-7-12-33-22-9-8-18(13-23(22)32-3)24-21-15-31(2)11-10-19(21)20(14-27)25(30)26(24,16-28)17-29/h8-10,13,21,24H,4-7,11-12,15,30H2,1-3H3/t21-,24+/m1/s1. The lowest BCUT2D eigenvalue weighted by atomic mass is 9.58. The molecule has 1 aliphatic heterocycles. The molecule has 0 saturated heterocycles. The first-order valence-corrected chi connectivity index (χ1v) is 11.4. The van der Waals surface area contributed by atoms with Gasteiger partial charge in [-0.1, -0.05) is 38.3 Å². The minimum absolute atomic E-state index is 0.0299. The van der Waals surface area contributed by atoms with Gasteiger partial charge >= 0.3 is 0 Å². The van der Waals surface area contributed by atoms with Gasteiger partial charge in [-0.3, -0.25) is 0 Å². The Balaban J connectivity index is 2.06. The summed E-state index contributed by atoms with van der Waals surface area (Å²) in [5.74, 6) is 0.406. The summed E-state index contributed by atoms with van der Waals surface area (Å²) < 4.78 is 11.6. The predicted octanol–water partition coefficient (Wildman–Crippen LogP) is 4.01. The van der Waals surface area contributed by atoms with Crippen molar-refractivity contribution in [1.29, 1.82) is 15.8 Å². The molecule has 2 N–H and O–H groups in total. The van der Waals surface area contributed by atoms with Gasteiger partial charge in [0.05, 0.1) is 37.1 Å². The average molecular weight is 446 g/mol. The zero-order chi connectivity index (χ0) is 24.0. The lowest BCUT2D eigenvalue weighted by molar-refractivity contribution is 0.237. The largest absolute Gasteiger partial charge is 0.493 e. The van der Waals surface area contributed by atoms with Crippen molar-refractivity contribution in [3.63, 3.8) is 0 Å². The van der Waals surface area contributed by atoms with E-state index in [0.29, 0.717) is 31.2 Å². The van der Waals surface area contributed by atoms with Gasteiger partial charge in [0.1, 0.15) is 6.07 Å². The minimum Gasteiger partial charge on any atom is -0.493 e. The van der Waals surface area contributed by atoms with Gasteiger partial charge in [0, 0.05) is 24.9 Å². The van der Waals surface area contributed by atoms with Crippen LogP contribution in [0.4, 0.5) is 0 Å². The van der Waals surface area contributed by atoms with Crippen LogP contribution in [0.1, 0.15) is 44.1 Å². The highest BCUT2D eigenvalue weighted by atomic mass is 16.5. The molecule has 1 aromatic carbocycles. The number of fused-ring (bicyclic) bond motifs is 1. The molecule has 0 radical (unpaired) electrons. The van der Waals surface area contributed by atoms with Crippen LogP contribution in [0, 0.1) is 45.3 Å². The Bertz CT molecular complexity index is 1060. The van der Waals surface area contributed by atoms with E-state index in [1.54, 1.807) is 7.11 Å². The zero-order valence-corrected chi connectivity index (χ0v) is 19.6. The summed E-state index contributed by atoms with van der Waals surface area (Å²) in [5, 5.41) is 30.2. The average Bonchev–Trinajstić information content (AvgIpc) is 2.83. The van der Waals surface area contributed by atoms with Crippen LogP contribution < -0.4 is 15.2 Å². The van der Waals surface area contributed by atoms with Gasteiger partial charge in [0.15, 0.2) is 16.9 Å². The minimum atomic E-state index is -1.65. The first kappa shape index (κ1) is 24.2. The van der Waals surface area contributed by atoms with Crippen molar-refractivity contribution in [1.82, 2.24) is 4.90 Å². The second kappa shape index (κ2) is 10.4. The fraction of sp³-hybridized carbons (Fsp3) is 0.500. The maximum atomic E-state index is 10.2. The highest BCUT2D eigenvalue weighted by Gasteiger charge is 2.54. The van der Waals surface area contributed by atoms with E-state index in [9.17, 15) is 15.8 Å². The molecule has 33 heavy (non-hydrogen) atoms. The number of nitrogens with two attached hydrogens (primary N) is 1. The second-order valence-electron chi connectivity index (χ2n) is 8.72. The zero-order valence-electron chi connectivity index (χ0n) is 19.6. The molecule has 3 rings (SSSR count). The predicted molar refractivity (Wildman–Crippen MR) is 125 cm³/mol. The molecule has 0 amide bonds. The van der Waals surface area contributed by atoms with Crippen LogP contribution in [0.2, 0.25) is 0 Å². The number of allylic oxidation sites excluding steroid dienone is 2. The number of nitrogens with zero attached hydrogens (tertiary/aromatic N) is 4. The summed E-state index contributed by atoms with van der Waals surface area (Å²) in [6.45, 7) is 4.05. The van der Waals surface area contributed by atoms with Crippen molar-refractivity contribution in [2.24, 2.45) is 17.1 Å². The molecule has 7 heteroatoms. The van der Waals surface area contributed by atoms with Crippen LogP contribution in [0.3, 0.4) is 0 Å². The normalized spacial score (nSPS) is 21.8. The SMILES string of the molecule is CCCCCCOc1ccc([C@H]2[C@@H]3CN(C)CC=C3C(C#N)=C(N)C2(C#N)C#N)cc1OC. The third-order valence-corrected chi connectivity index (χ3v) is 6.65. The maximum absolute atomic E-state index is 10.2. The van der Waals surface area contributed by atoms with E-state index in [1.165, 1.54) is 6.42 Å². The van der Waals surface area contributed by atoms with E-state index in [0.717, 1.165) is 30.4 Å². The van der Waals surface area contributed by atoms with Crippen LogP contribution >= 0.6 is 0 Å². The fourth-order valence-electron chi connectivity index (χ4n) is 4.91. The Morgan fingerprint density at radius 2 is 1.91 bits per heavy atom. The van der Waals surface area contributed by atoms with Crippen molar-refractivity contribution >= 4 is 0 Å². The number of rotatable bonds is 8. The molecular weight excluding hydrogens is 414 g/mol. The van der Waals surface area contributed by atoms with E-state index in [1.807, 2.05) is 31.3 Å². The van der Waals surface area contributed by atoms with Gasteiger partial charge in [-0.05, 0) is 36.7 Å². The number of methoxy groups -OCH3 is 1. The molecule has 2 aliphatic rings. The third-order valence-electron chi connectivity index (χ3n) is 6.65. The smallest absolute Gasteiger partial charge is 0.191 e. The van der Waals surface area contributed by atoms with Crippen molar-refractivity contribution in [2.75, 3.05) is 33.9 Å². The van der Waals surface area contributed by atoms with Gasteiger partial charge in [-0.15, -0.1) is 0 Å². The van der Waals surface area contributed by atoms with Crippen LogP contribution in [-0.4, -0.2) is 38.8 Å². The van der Waals surface area contributed by atoms with Crippen LogP contribution in [0.15, 0.2) is 41.1 Å². The molecule has 2 atom stereocenters. The summed E-state index contributed by atoms with van der Waals surface area (Å²) in [4.78, 5) is 2.11. The number of ether oxygens (including phenoxy) is 2. The first-order valence-electron chi connectivity index (χ1n) is 11.4. The Hall–Kier alpha value is -3.47. The maximum Gasteiger partial charge on any atom is 0.191 e. The summed E-state index contributed by atoms with van der Waals surface area (Å²) in [5.41, 5.74) is 6.58. The number of hydrogen-bond donors (Lipinski definition) is 1. The highest BCUT2D eigenvalue weighted by molar-refractivity contribution is 5.60. The summed E-state index contributed by atoms with van der Waals surface area (Å²) in [6, 6.07) is 12.1. The van der Waals surface area contributed by atoms with Gasteiger partial charge in [0.25, 0.3) is 0 Å². The number of unbranched alkanes of at least 4 members (excludes halogenated alkanes) is 3. The quantitative estimate of drug-likeness (QED) is 0.600. The van der Waals surface area contributed by atoms with Crippen LogP contribution in [0.5, 0.6) is 11.5 Å². The van der Waals surface area contributed by atoms with Gasteiger partial charge in [-0.25, -0.2) is 0 Å². The molecule has 7 nitrogen and oxygen atoms in total. The van der Waals surface area contributed by atoms with Gasteiger partial charge in [-0.2, -0.15) is 15.8 Å². The highest BCUT2D eigenvalue weighted by Crippen LogP contribution is 2.54. The van der Waals surface area contributed by atoms with Crippen molar-refractivity contribution in [2.45, 2.75) is 38.5 Å².